The lowest BCUT2D eigenvalue weighted by atomic mass is 9.99. The van der Waals surface area contributed by atoms with Gasteiger partial charge in [0.2, 0.25) is 0 Å². The third-order valence-electron chi connectivity index (χ3n) is 3.75. The molecule has 0 amide bonds. The number of nitrogens with zero attached hydrogens (tertiary/aromatic N) is 2. The van der Waals surface area contributed by atoms with Gasteiger partial charge in [0.05, 0.1) is 7.11 Å². The smallest absolute Gasteiger partial charge is 0.341 e. The van der Waals surface area contributed by atoms with Gasteiger partial charge in [-0.3, -0.25) is 0 Å². The molecule has 1 aliphatic heterocycles. The summed E-state index contributed by atoms with van der Waals surface area (Å²) >= 11 is 0. The molecule has 5 nitrogen and oxygen atoms in total. The molecule has 110 valence electrons. The van der Waals surface area contributed by atoms with Crippen LogP contribution in [0.25, 0.3) is 0 Å². The summed E-state index contributed by atoms with van der Waals surface area (Å²) < 4.78 is 4.84. The molecule has 0 aromatic carbocycles. The van der Waals surface area contributed by atoms with Gasteiger partial charge in [0, 0.05) is 19.3 Å². The number of ether oxygens (including phenoxy) is 1. The molecular formula is C15H23N3O2. The van der Waals surface area contributed by atoms with Gasteiger partial charge in [0.1, 0.15) is 11.4 Å². The minimum atomic E-state index is -0.326. The average Bonchev–Trinajstić information content (AvgIpc) is 2.53. The summed E-state index contributed by atoms with van der Waals surface area (Å²) in [6.07, 6.45) is 4.17. The number of hydrogen-bond donors (Lipinski definition) is 1. The number of methoxy groups -OCH3 is 1. The minimum absolute atomic E-state index is 0.326. The molecule has 2 heterocycles. The first-order valence-electron chi connectivity index (χ1n) is 7.25. The maximum atomic E-state index is 11.8. The normalized spacial score (nSPS) is 18.6. The van der Waals surface area contributed by atoms with Gasteiger partial charge < -0.3 is 15.0 Å². The molecule has 2 rings (SSSR count). The van der Waals surface area contributed by atoms with E-state index in [-0.39, 0.29) is 5.97 Å². The molecule has 20 heavy (non-hydrogen) atoms. The fourth-order valence-electron chi connectivity index (χ4n) is 2.68. The number of rotatable bonds is 5. The van der Waals surface area contributed by atoms with Gasteiger partial charge in [-0.25, -0.2) is 9.78 Å². The van der Waals surface area contributed by atoms with E-state index in [9.17, 15) is 4.79 Å². The van der Waals surface area contributed by atoms with E-state index in [1.54, 1.807) is 18.3 Å². The molecule has 1 N–H and O–H groups in total. The van der Waals surface area contributed by atoms with Gasteiger partial charge in [-0.2, -0.15) is 0 Å². The van der Waals surface area contributed by atoms with Crippen LogP contribution >= 0.6 is 0 Å². The lowest BCUT2D eigenvalue weighted by Crippen LogP contribution is -2.39. The predicted molar refractivity (Wildman–Crippen MR) is 79.1 cm³/mol. The van der Waals surface area contributed by atoms with E-state index in [0.717, 1.165) is 32.0 Å². The van der Waals surface area contributed by atoms with Crippen LogP contribution in [0.15, 0.2) is 18.3 Å². The van der Waals surface area contributed by atoms with Gasteiger partial charge in [-0.15, -0.1) is 0 Å². The van der Waals surface area contributed by atoms with Crippen molar-refractivity contribution >= 4 is 11.8 Å². The van der Waals surface area contributed by atoms with Crippen LogP contribution in [0.4, 0.5) is 5.82 Å². The zero-order chi connectivity index (χ0) is 14.4. The van der Waals surface area contributed by atoms with E-state index in [0.29, 0.717) is 11.5 Å². The molecular weight excluding hydrogens is 254 g/mol. The second-order valence-electron chi connectivity index (χ2n) is 5.12. The van der Waals surface area contributed by atoms with Crippen molar-refractivity contribution in [1.29, 1.82) is 0 Å². The molecule has 0 aliphatic carbocycles. The molecule has 1 aromatic rings. The Balaban J connectivity index is 2.16. The number of esters is 1. The first-order valence-corrected chi connectivity index (χ1v) is 7.25. The van der Waals surface area contributed by atoms with Gasteiger partial charge in [0.15, 0.2) is 0 Å². The molecule has 1 aromatic heterocycles. The topological polar surface area (TPSA) is 54.5 Å². The van der Waals surface area contributed by atoms with E-state index < -0.39 is 0 Å². The highest BCUT2D eigenvalue weighted by atomic mass is 16.5. The number of anilines is 1. The van der Waals surface area contributed by atoms with Crippen molar-refractivity contribution < 1.29 is 9.53 Å². The van der Waals surface area contributed by atoms with Crippen LogP contribution in [0.1, 0.15) is 30.1 Å². The summed E-state index contributed by atoms with van der Waals surface area (Å²) in [5.41, 5.74) is 0.542. The number of carbonyl (C=O) groups excluding carboxylic acids is 1. The van der Waals surface area contributed by atoms with Crippen LogP contribution in [-0.2, 0) is 4.74 Å². The third kappa shape index (κ3) is 3.48. The van der Waals surface area contributed by atoms with E-state index in [1.165, 1.54) is 20.0 Å². The van der Waals surface area contributed by atoms with E-state index in [1.807, 2.05) is 0 Å². The number of aromatic nitrogens is 1. The van der Waals surface area contributed by atoms with Crippen LogP contribution in [0.3, 0.4) is 0 Å². The van der Waals surface area contributed by atoms with Crippen molar-refractivity contribution in [2.45, 2.75) is 19.8 Å². The SMILES string of the molecule is CCN(CC1CCCNC1)c1ncccc1C(=O)OC. The van der Waals surface area contributed by atoms with Crippen molar-refractivity contribution in [3.8, 4) is 0 Å². The predicted octanol–water partition coefficient (Wildman–Crippen LogP) is 1.69. The van der Waals surface area contributed by atoms with E-state index in [4.69, 9.17) is 4.74 Å². The lowest BCUT2D eigenvalue weighted by Gasteiger charge is -2.30. The number of pyridine rings is 1. The number of piperidine rings is 1. The Kier molecular flexibility index (Phi) is 5.35. The maximum Gasteiger partial charge on any atom is 0.341 e. The van der Waals surface area contributed by atoms with Crippen LogP contribution in [0, 0.1) is 5.92 Å². The first kappa shape index (κ1) is 14.8. The summed E-state index contributed by atoms with van der Waals surface area (Å²) in [5.74, 6) is 1.01. The van der Waals surface area contributed by atoms with Crippen LogP contribution in [-0.4, -0.2) is 44.2 Å². The highest BCUT2D eigenvalue weighted by Crippen LogP contribution is 2.21. The molecule has 1 aliphatic rings. The zero-order valence-corrected chi connectivity index (χ0v) is 12.3. The van der Waals surface area contributed by atoms with E-state index >= 15 is 0 Å². The highest BCUT2D eigenvalue weighted by molar-refractivity contribution is 5.94. The van der Waals surface area contributed by atoms with Crippen molar-refractivity contribution in [3.05, 3.63) is 23.9 Å². The fraction of sp³-hybridized carbons (Fsp3) is 0.600. The Morgan fingerprint density at radius 3 is 3.10 bits per heavy atom. The maximum absolute atomic E-state index is 11.8. The Hall–Kier alpha value is -1.62. The van der Waals surface area contributed by atoms with Gasteiger partial charge in [0.25, 0.3) is 0 Å². The second kappa shape index (κ2) is 7.24. The fourth-order valence-corrected chi connectivity index (χ4v) is 2.68. The highest BCUT2D eigenvalue weighted by Gasteiger charge is 2.21. The molecule has 0 spiro atoms. The number of carbonyl (C=O) groups is 1. The molecule has 0 saturated carbocycles. The Labute approximate surface area is 120 Å². The average molecular weight is 277 g/mol. The summed E-state index contributed by atoms with van der Waals surface area (Å²) in [6.45, 7) is 5.99. The molecule has 0 bridgehead atoms. The Bertz CT molecular complexity index is 444. The largest absolute Gasteiger partial charge is 0.465 e. The molecule has 1 atom stereocenters. The summed E-state index contributed by atoms with van der Waals surface area (Å²) in [4.78, 5) is 18.4. The Morgan fingerprint density at radius 1 is 1.60 bits per heavy atom. The lowest BCUT2D eigenvalue weighted by molar-refractivity contribution is 0.0601. The molecule has 0 radical (unpaired) electrons. The van der Waals surface area contributed by atoms with Crippen molar-refractivity contribution in [2.24, 2.45) is 5.92 Å². The molecule has 1 saturated heterocycles. The molecule has 5 heteroatoms. The van der Waals surface area contributed by atoms with Crippen molar-refractivity contribution in [3.63, 3.8) is 0 Å². The van der Waals surface area contributed by atoms with Gasteiger partial charge >= 0.3 is 5.97 Å². The summed E-state index contributed by atoms with van der Waals surface area (Å²) in [6, 6.07) is 3.54. The van der Waals surface area contributed by atoms with Crippen molar-refractivity contribution in [2.75, 3.05) is 38.2 Å². The first-order chi connectivity index (χ1) is 9.76. The Morgan fingerprint density at radius 2 is 2.45 bits per heavy atom. The van der Waals surface area contributed by atoms with E-state index in [2.05, 4.69) is 22.1 Å². The van der Waals surface area contributed by atoms with Crippen LogP contribution in [0.2, 0.25) is 0 Å². The molecule has 1 fully saturated rings. The summed E-state index contributed by atoms with van der Waals surface area (Å²) in [5, 5.41) is 3.43. The third-order valence-corrected chi connectivity index (χ3v) is 3.75. The van der Waals surface area contributed by atoms with Gasteiger partial charge in [-0.1, -0.05) is 0 Å². The van der Waals surface area contributed by atoms with Crippen LogP contribution < -0.4 is 10.2 Å². The minimum Gasteiger partial charge on any atom is -0.465 e. The monoisotopic (exact) mass is 277 g/mol. The standard InChI is InChI=1S/C15H23N3O2/c1-3-18(11-12-6-4-8-16-10-12)14-13(15(19)20-2)7-5-9-17-14/h5,7,9,12,16H,3-4,6,8,10-11H2,1-2H3. The quantitative estimate of drug-likeness (QED) is 0.830. The number of hydrogen-bond acceptors (Lipinski definition) is 5. The van der Waals surface area contributed by atoms with Gasteiger partial charge in [-0.05, 0) is 50.9 Å². The number of nitrogens with one attached hydrogen (secondary N) is 1. The van der Waals surface area contributed by atoms with Crippen molar-refractivity contribution in [1.82, 2.24) is 10.3 Å². The summed E-state index contributed by atoms with van der Waals surface area (Å²) in [7, 11) is 1.40. The zero-order valence-electron chi connectivity index (χ0n) is 12.3. The molecule has 1 unspecified atom stereocenters. The van der Waals surface area contributed by atoms with Crippen LogP contribution in [0.5, 0.6) is 0 Å². The second-order valence-corrected chi connectivity index (χ2v) is 5.12.